The summed E-state index contributed by atoms with van der Waals surface area (Å²) in [6, 6.07) is 0. The zero-order valence-electron chi connectivity index (χ0n) is 11.8. The van der Waals surface area contributed by atoms with Crippen LogP contribution in [0.25, 0.3) is 27.4 Å². The summed E-state index contributed by atoms with van der Waals surface area (Å²) in [6.45, 7) is 6.16. The maximum Gasteiger partial charge on any atom is 0.190 e. The molecule has 4 aromatic rings. The van der Waals surface area contributed by atoms with E-state index in [4.69, 9.17) is 4.98 Å². The number of thiophene rings is 1. The molecule has 0 aliphatic carbocycles. The first-order valence-electron chi connectivity index (χ1n) is 6.54. The average Bonchev–Trinajstić information content (AvgIpc) is 3.03. The largest absolute Gasteiger partial charge is 0.261 e. The summed E-state index contributed by atoms with van der Waals surface area (Å²) in [4.78, 5) is 15.4. The first kappa shape index (κ1) is 12.3. The van der Waals surface area contributed by atoms with Crippen molar-refractivity contribution in [2.45, 2.75) is 20.8 Å². The van der Waals surface area contributed by atoms with Gasteiger partial charge in [0.2, 0.25) is 0 Å². The molecule has 0 saturated carbocycles. The molecule has 0 atom stereocenters. The molecule has 0 bridgehead atoms. The van der Waals surface area contributed by atoms with E-state index in [-0.39, 0.29) is 0 Å². The van der Waals surface area contributed by atoms with Crippen LogP contribution in [0.1, 0.15) is 16.3 Å². The minimum atomic E-state index is 0.674. The first-order chi connectivity index (χ1) is 10.2. The SMILES string of the molecule is Cc1sc2nc(C)n3c(-c4cnccn4)nnc3c2c1C. The van der Waals surface area contributed by atoms with Gasteiger partial charge < -0.3 is 0 Å². The van der Waals surface area contributed by atoms with Gasteiger partial charge in [-0.15, -0.1) is 21.5 Å². The zero-order valence-corrected chi connectivity index (χ0v) is 12.6. The fourth-order valence-corrected chi connectivity index (χ4v) is 3.55. The summed E-state index contributed by atoms with van der Waals surface area (Å²) in [7, 11) is 0. The Hall–Kier alpha value is -2.41. The maximum absolute atomic E-state index is 4.70. The number of nitrogens with zero attached hydrogens (tertiary/aromatic N) is 6. The minimum Gasteiger partial charge on any atom is -0.261 e. The summed E-state index contributed by atoms with van der Waals surface area (Å²) in [6.07, 6.45) is 4.98. The Balaban J connectivity index is 2.16. The van der Waals surface area contributed by atoms with E-state index in [1.165, 1.54) is 10.4 Å². The van der Waals surface area contributed by atoms with E-state index in [1.807, 2.05) is 11.3 Å². The van der Waals surface area contributed by atoms with Crippen LogP contribution in [0.15, 0.2) is 18.6 Å². The molecule has 0 aromatic carbocycles. The van der Waals surface area contributed by atoms with E-state index in [9.17, 15) is 0 Å². The van der Waals surface area contributed by atoms with Crippen molar-refractivity contribution < 1.29 is 0 Å². The number of aromatic nitrogens is 6. The van der Waals surface area contributed by atoms with Gasteiger partial charge in [0.15, 0.2) is 11.5 Å². The molecule has 0 N–H and O–H groups in total. The van der Waals surface area contributed by atoms with Gasteiger partial charge in [-0.25, -0.2) is 9.97 Å². The van der Waals surface area contributed by atoms with Crippen molar-refractivity contribution in [1.82, 2.24) is 29.5 Å². The van der Waals surface area contributed by atoms with Crippen molar-refractivity contribution in [3.05, 3.63) is 34.9 Å². The van der Waals surface area contributed by atoms with Crippen LogP contribution in [0.5, 0.6) is 0 Å². The Morgan fingerprint density at radius 1 is 1.10 bits per heavy atom. The lowest BCUT2D eigenvalue weighted by Gasteiger charge is -2.03. The number of fused-ring (bicyclic) bond motifs is 3. The first-order valence-corrected chi connectivity index (χ1v) is 7.36. The Labute approximate surface area is 124 Å². The fourth-order valence-electron chi connectivity index (χ4n) is 2.48. The molecule has 0 aliphatic rings. The van der Waals surface area contributed by atoms with E-state index >= 15 is 0 Å². The molecule has 4 aromatic heterocycles. The van der Waals surface area contributed by atoms with Gasteiger partial charge in [-0.1, -0.05) is 0 Å². The molecule has 0 spiro atoms. The lowest BCUT2D eigenvalue weighted by Crippen LogP contribution is -1.99. The van der Waals surface area contributed by atoms with Crippen LogP contribution in [0.2, 0.25) is 0 Å². The van der Waals surface area contributed by atoms with E-state index in [2.05, 4.69) is 34.0 Å². The smallest absolute Gasteiger partial charge is 0.190 e. The van der Waals surface area contributed by atoms with Crippen molar-refractivity contribution in [2.24, 2.45) is 0 Å². The Kier molecular flexibility index (Phi) is 2.52. The van der Waals surface area contributed by atoms with Gasteiger partial charge in [0, 0.05) is 17.3 Å². The molecule has 4 rings (SSSR count). The number of rotatable bonds is 1. The van der Waals surface area contributed by atoms with Crippen molar-refractivity contribution in [3.8, 4) is 11.5 Å². The molecule has 6 nitrogen and oxygen atoms in total. The monoisotopic (exact) mass is 296 g/mol. The number of hydrogen-bond donors (Lipinski definition) is 0. The third-order valence-electron chi connectivity index (χ3n) is 3.63. The molecule has 0 radical (unpaired) electrons. The van der Waals surface area contributed by atoms with Crippen LogP contribution in [0.3, 0.4) is 0 Å². The second-order valence-electron chi connectivity index (χ2n) is 4.90. The van der Waals surface area contributed by atoms with Crippen LogP contribution in [0, 0.1) is 20.8 Å². The highest BCUT2D eigenvalue weighted by atomic mass is 32.1. The standard InChI is InChI=1S/C14H12N6S/c1-7-8(2)21-14-11(7)13-19-18-12(20(13)9(3)17-14)10-6-15-4-5-16-10/h4-6H,1-3H3. The van der Waals surface area contributed by atoms with E-state index < -0.39 is 0 Å². The highest BCUT2D eigenvalue weighted by Crippen LogP contribution is 2.32. The molecular formula is C14H12N6S. The van der Waals surface area contributed by atoms with Crippen LogP contribution in [-0.4, -0.2) is 29.5 Å². The highest BCUT2D eigenvalue weighted by molar-refractivity contribution is 7.18. The van der Waals surface area contributed by atoms with Gasteiger partial charge in [0.05, 0.1) is 11.6 Å². The molecular weight excluding hydrogens is 284 g/mol. The maximum atomic E-state index is 4.70. The molecule has 0 aliphatic heterocycles. The molecule has 0 saturated heterocycles. The highest BCUT2D eigenvalue weighted by Gasteiger charge is 2.18. The minimum absolute atomic E-state index is 0.674. The van der Waals surface area contributed by atoms with Gasteiger partial charge in [0.1, 0.15) is 16.3 Å². The van der Waals surface area contributed by atoms with E-state index in [1.54, 1.807) is 29.9 Å². The third kappa shape index (κ3) is 1.67. The predicted molar refractivity (Wildman–Crippen MR) is 81.4 cm³/mol. The topological polar surface area (TPSA) is 68.9 Å². The van der Waals surface area contributed by atoms with Crippen molar-refractivity contribution in [1.29, 1.82) is 0 Å². The van der Waals surface area contributed by atoms with Crippen molar-refractivity contribution in [2.75, 3.05) is 0 Å². The van der Waals surface area contributed by atoms with Crippen molar-refractivity contribution >= 4 is 27.2 Å². The second kappa shape index (κ2) is 4.29. The number of hydrogen-bond acceptors (Lipinski definition) is 6. The quantitative estimate of drug-likeness (QED) is 0.540. The van der Waals surface area contributed by atoms with E-state index in [0.717, 1.165) is 21.7 Å². The van der Waals surface area contributed by atoms with Crippen LogP contribution >= 0.6 is 11.3 Å². The summed E-state index contributed by atoms with van der Waals surface area (Å²) >= 11 is 1.69. The van der Waals surface area contributed by atoms with Crippen LogP contribution in [0.4, 0.5) is 0 Å². The molecule has 7 heteroatoms. The summed E-state index contributed by atoms with van der Waals surface area (Å²) in [5.74, 6) is 1.53. The number of aryl methyl sites for hydroxylation is 3. The van der Waals surface area contributed by atoms with Crippen LogP contribution < -0.4 is 0 Å². The molecule has 104 valence electrons. The Bertz CT molecular complexity index is 970. The van der Waals surface area contributed by atoms with Gasteiger partial charge in [-0.3, -0.25) is 9.38 Å². The Morgan fingerprint density at radius 2 is 1.95 bits per heavy atom. The molecule has 0 unspecified atom stereocenters. The van der Waals surface area contributed by atoms with Crippen molar-refractivity contribution in [3.63, 3.8) is 0 Å². The van der Waals surface area contributed by atoms with Gasteiger partial charge >= 0.3 is 0 Å². The predicted octanol–water partition coefficient (Wildman–Crippen LogP) is 2.72. The summed E-state index contributed by atoms with van der Waals surface area (Å²) in [5, 5.41) is 9.75. The van der Waals surface area contributed by atoms with Crippen LogP contribution in [-0.2, 0) is 0 Å². The van der Waals surface area contributed by atoms with E-state index in [0.29, 0.717) is 11.5 Å². The van der Waals surface area contributed by atoms with Gasteiger partial charge in [0.25, 0.3) is 0 Å². The molecule has 21 heavy (non-hydrogen) atoms. The normalized spacial score (nSPS) is 11.6. The Morgan fingerprint density at radius 3 is 2.71 bits per heavy atom. The lowest BCUT2D eigenvalue weighted by molar-refractivity contribution is 0.999. The fraction of sp³-hybridized carbons (Fsp3) is 0.214. The molecule has 0 amide bonds. The van der Waals surface area contributed by atoms with Gasteiger partial charge in [-0.05, 0) is 26.3 Å². The zero-order chi connectivity index (χ0) is 14.6. The summed E-state index contributed by atoms with van der Waals surface area (Å²) in [5.41, 5.74) is 2.74. The molecule has 0 fully saturated rings. The second-order valence-corrected chi connectivity index (χ2v) is 6.10. The lowest BCUT2D eigenvalue weighted by atomic mass is 10.2. The van der Waals surface area contributed by atoms with Gasteiger partial charge in [-0.2, -0.15) is 0 Å². The summed E-state index contributed by atoms with van der Waals surface area (Å²) < 4.78 is 1.95. The average molecular weight is 296 g/mol. The molecule has 4 heterocycles. The third-order valence-corrected chi connectivity index (χ3v) is 4.73.